The number of benzene rings is 10. The van der Waals surface area contributed by atoms with Gasteiger partial charge in [-0.05, 0) is 167 Å². The molecule has 0 fully saturated rings. The van der Waals surface area contributed by atoms with Crippen LogP contribution in [0.3, 0.4) is 0 Å². The van der Waals surface area contributed by atoms with E-state index in [4.69, 9.17) is 4.74 Å². The fourth-order valence-electron chi connectivity index (χ4n) is 12.1. The van der Waals surface area contributed by atoms with Crippen LogP contribution in [0.4, 0.5) is 51.2 Å². The molecule has 4 heterocycles. The summed E-state index contributed by atoms with van der Waals surface area (Å²) in [5.41, 5.74) is 27.6. The third-order valence-corrected chi connectivity index (χ3v) is 15.2. The third kappa shape index (κ3) is 6.05. The summed E-state index contributed by atoms with van der Waals surface area (Å²) in [5, 5.41) is 0. The minimum Gasteiger partial charge on any atom is -0.458 e. The molecule has 4 nitrogen and oxygen atoms in total. The van der Waals surface area contributed by atoms with Crippen molar-refractivity contribution in [1.29, 1.82) is 0 Å². The molecular formula is C64H47B2N3O. The number of anilines is 9. The predicted octanol–water partition coefficient (Wildman–Crippen LogP) is 12.7. The Kier molecular flexibility index (Phi) is 9.00. The Bertz CT molecular complexity index is 3780. The van der Waals surface area contributed by atoms with Gasteiger partial charge in [-0.1, -0.05) is 145 Å². The van der Waals surface area contributed by atoms with Crippen molar-refractivity contribution in [2.45, 2.75) is 27.7 Å². The molecule has 0 amide bonds. The number of para-hydroxylation sites is 5. The number of aryl methyl sites for hydroxylation is 4. The maximum absolute atomic E-state index is 7.51. The lowest BCUT2D eigenvalue weighted by atomic mass is 9.30. The summed E-state index contributed by atoms with van der Waals surface area (Å²) in [6, 6.07) is 78.8. The van der Waals surface area contributed by atoms with Gasteiger partial charge in [0.25, 0.3) is 13.4 Å². The van der Waals surface area contributed by atoms with Gasteiger partial charge in [-0.3, -0.25) is 0 Å². The van der Waals surface area contributed by atoms with E-state index in [0.29, 0.717) is 0 Å². The molecule has 0 N–H and O–H groups in total. The van der Waals surface area contributed by atoms with Crippen molar-refractivity contribution in [3.8, 4) is 33.8 Å². The van der Waals surface area contributed by atoms with Crippen LogP contribution in [0.5, 0.6) is 11.5 Å². The molecule has 0 aromatic heterocycles. The lowest BCUT2D eigenvalue weighted by molar-refractivity contribution is 0.488. The first-order chi connectivity index (χ1) is 34.4. The van der Waals surface area contributed by atoms with Crippen molar-refractivity contribution < 1.29 is 4.74 Å². The molecule has 0 spiro atoms. The fourth-order valence-corrected chi connectivity index (χ4v) is 12.1. The SMILES string of the molecule is Cc1ccc(C)c(-c2cc3c4c(c2)N(c2ccccc2)c2ccccc2B4c2cc4c(cc2O3)N(c2ccccc2)c2cc(-c3cc(C)ccc3C)cc3c2B4c2ccccc2N3c2ccccc2)c1. The van der Waals surface area contributed by atoms with E-state index in [0.717, 1.165) is 45.5 Å². The van der Waals surface area contributed by atoms with Gasteiger partial charge < -0.3 is 19.4 Å². The monoisotopic (exact) mass is 895 g/mol. The molecule has 10 aromatic carbocycles. The molecular weight excluding hydrogens is 848 g/mol. The number of nitrogens with zero attached hydrogens (tertiary/aromatic N) is 3. The van der Waals surface area contributed by atoms with E-state index in [-0.39, 0.29) is 13.4 Å². The van der Waals surface area contributed by atoms with Crippen LogP contribution in [0.2, 0.25) is 0 Å². The molecule has 0 aliphatic carbocycles. The molecule has 0 bridgehead atoms. The molecule has 0 atom stereocenters. The fraction of sp³-hybridized carbons (Fsp3) is 0.0625. The van der Waals surface area contributed by atoms with Crippen molar-refractivity contribution in [3.05, 3.63) is 235 Å². The Morgan fingerprint density at radius 2 is 0.743 bits per heavy atom. The first-order valence-electron chi connectivity index (χ1n) is 24.5. The first-order valence-corrected chi connectivity index (χ1v) is 24.5. The molecule has 0 saturated heterocycles. The zero-order valence-corrected chi connectivity index (χ0v) is 39.6. The quantitative estimate of drug-likeness (QED) is 0.160. The molecule has 330 valence electrons. The van der Waals surface area contributed by atoms with Gasteiger partial charge in [0.2, 0.25) is 0 Å². The lowest BCUT2D eigenvalue weighted by Crippen LogP contribution is -2.64. The smallest absolute Gasteiger partial charge is 0.256 e. The van der Waals surface area contributed by atoms with E-state index in [1.54, 1.807) is 0 Å². The molecule has 70 heavy (non-hydrogen) atoms. The molecule has 0 unspecified atom stereocenters. The van der Waals surface area contributed by atoms with Crippen LogP contribution in [-0.2, 0) is 0 Å². The van der Waals surface area contributed by atoms with Crippen molar-refractivity contribution in [3.63, 3.8) is 0 Å². The van der Waals surface area contributed by atoms with Crippen molar-refractivity contribution in [2.75, 3.05) is 14.7 Å². The number of hydrogen-bond donors (Lipinski definition) is 0. The van der Waals surface area contributed by atoms with Crippen LogP contribution in [0.1, 0.15) is 22.3 Å². The van der Waals surface area contributed by atoms with Gasteiger partial charge in [0, 0.05) is 57.3 Å². The maximum atomic E-state index is 7.51. The molecule has 4 aliphatic rings. The standard InChI is InChI=1S/C64H47B2N3O/c1-40-28-30-42(3)49(32-40)44-34-58-63-59(35-44)69(48-22-12-7-13-23-48)57-39-61-54(38-53(57)65(63)51-24-14-16-26-55(51)67(58)46-18-8-5-9-19-46)66-52-25-15-17-27-56(52)68(47-20-10-6-11-21-47)60-36-45(37-62(70-61)64(60)66)50-33-41(2)29-31-43(50)4/h5-39H,1-4H3. The highest BCUT2D eigenvalue weighted by molar-refractivity contribution is 7.02. The summed E-state index contributed by atoms with van der Waals surface area (Å²) in [6.45, 7) is 8.67. The zero-order valence-electron chi connectivity index (χ0n) is 39.6. The Labute approximate surface area is 410 Å². The van der Waals surface area contributed by atoms with Gasteiger partial charge in [0.15, 0.2) is 0 Å². The van der Waals surface area contributed by atoms with E-state index >= 15 is 0 Å². The van der Waals surface area contributed by atoms with E-state index < -0.39 is 0 Å². The van der Waals surface area contributed by atoms with Gasteiger partial charge in [0.05, 0.1) is 0 Å². The largest absolute Gasteiger partial charge is 0.458 e. The highest BCUT2D eigenvalue weighted by Gasteiger charge is 2.47. The first kappa shape index (κ1) is 40.6. The summed E-state index contributed by atoms with van der Waals surface area (Å²) >= 11 is 0. The second-order valence-electron chi connectivity index (χ2n) is 19.5. The summed E-state index contributed by atoms with van der Waals surface area (Å²) in [6.07, 6.45) is 0. The van der Waals surface area contributed by atoms with Crippen molar-refractivity contribution in [2.24, 2.45) is 0 Å². The van der Waals surface area contributed by atoms with Crippen molar-refractivity contribution in [1.82, 2.24) is 0 Å². The van der Waals surface area contributed by atoms with Gasteiger partial charge >= 0.3 is 0 Å². The van der Waals surface area contributed by atoms with Gasteiger partial charge in [-0.15, -0.1) is 0 Å². The summed E-state index contributed by atoms with van der Waals surface area (Å²) < 4.78 is 7.51. The van der Waals surface area contributed by atoms with Crippen LogP contribution >= 0.6 is 0 Å². The molecule has 4 aliphatic heterocycles. The Morgan fingerprint density at radius 3 is 1.26 bits per heavy atom. The van der Waals surface area contributed by atoms with E-state index in [9.17, 15) is 0 Å². The minimum absolute atomic E-state index is 0.0683. The number of ether oxygens (including phenoxy) is 1. The number of hydrogen-bond acceptors (Lipinski definition) is 4. The van der Waals surface area contributed by atoms with Crippen LogP contribution in [-0.4, -0.2) is 13.4 Å². The van der Waals surface area contributed by atoms with Crippen LogP contribution in [0.25, 0.3) is 22.3 Å². The van der Waals surface area contributed by atoms with Crippen LogP contribution < -0.4 is 52.2 Å². The highest BCUT2D eigenvalue weighted by atomic mass is 16.5. The Hall–Kier alpha value is -8.47. The number of rotatable bonds is 5. The molecule has 0 saturated carbocycles. The van der Waals surface area contributed by atoms with Crippen LogP contribution in [0, 0.1) is 27.7 Å². The van der Waals surface area contributed by atoms with E-state index in [2.05, 4.69) is 255 Å². The Balaban J connectivity index is 1.07. The van der Waals surface area contributed by atoms with Crippen molar-refractivity contribution >= 4 is 97.4 Å². The van der Waals surface area contributed by atoms with Gasteiger partial charge in [0.1, 0.15) is 11.5 Å². The van der Waals surface area contributed by atoms with Gasteiger partial charge in [-0.25, -0.2) is 0 Å². The maximum Gasteiger partial charge on any atom is 0.256 e. The topological polar surface area (TPSA) is 19.0 Å². The second kappa shape index (κ2) is 15.5. The lowest BCUT2D eigenvalue weighted by Gasteiger charge is -2.45. The molecule has 10 aromatic rings. The average Bonchev–Trinajstić information content (AvgIpc) is 3.40. The minimum atomic E-state index is -0.0831. The van der Waals surface area contributed by atoms with Gasteiger partial charge in [-0.2, -0.15) is 0 Å². The average molecular weight is 896 g/mol. The third-order valence-electron chi connectivity index (χ3n) is 15.2. The van der Waals surface area contributed by atoms with E-state index in [1.165, 1.54) is 94.5 Å². The van der Waals surface area contributed by atoms with E-state index in [1.807, 2.05) is 0 Å². The predicted molar refractivity (Wildman–Crippen MR) is 296 cm³/mol. The molecule has 0 radical (unpaired) electrons. The highest BCUT2D eigenvalue weighted by Crippen LogP contribution is 2.49. The Morgan fingerprint density at radius 1 is 0.314 bits per heavy atom. The molecule has 14 rings (SSSR count). The summed E-state index contributed by atoms with van der Waals surface area (Å²) in [4.78, 5) is 7.47. The second-order valence-corrected chi connectivity index (χ2v) is 19.5. The summed E-state index contributed by atoms with van der Waals surface area (Å²) in [7, 11) is 0. The number of fused-ring (bicyclic) bond motifs is 8. The van der Waals surface area contributed by atoms with Crippen LogP contribution in [0.15, 0.2) is 212 Å². The molecule has 6 heteroatoms. The summed E-state index contributed by atoms with van der Waals surface area (Å²) in [5.74, 6) is 1.78. The zero-order chi connectivity index (χ0) is 46.8. The normalized spacial score (nSPS) is 13.4.